The summed E-state index contributed by atoms with van der Waals surface area (Å²) in [6.45, 7) is 0. The minimum atomic E-state index is -4.26. The second kappa shape index (κ2) is 6.31. The fourth-order valence-electron chi connectivity index (χ4n) is 2.01. The van der Waals surface area contributed by atoms with Crippen LogP contribution in [-0.2, 0) is 19.0 Å². The Bertz CT molecular complexity index is 541. The van der Waals surface area contributed by atoms with E-state index < -0.39 is 11.7 Å². The van der Waals surface area contributed by atoms with Crippen molar-refractivity contribution in [2.24, 2.45) is 0 Å². The first-order valence-corrected chi connectivity index (χ1v) is 6.73. The average Bonchev–Trinajstić information content (AvgIpc) is 2.41. The standard InChI is InChI=1S/C16H14ClF3/c17-15-10-6-13(7-11-15)3-1-2-12-4-8-14(9-5-12)16(18,19)20/h4-11H,1-3H2. The summed E-state index contributed by atoms with van der Waals surface area (Å²) in [4.78, 5) is 0. The quantitative estimate of drug-likeness (QED) is 0.696. The fraction of sp³-hybridized carbons (Fsp3) is 0.250. The summed E-state index contributed by atoms with van der Waals surface area (Å²) in [5, 5.41) is 0.705. The van der Waals surface area contributed by atoms with Gasteiger partial charge in [-0.25, -0.2) is 0 Å². The van der Waals surface area contributed by atoms with Gasteiger partial charge in [-0.15, -0.1) is 0 Å². The van der Waals surface area contributed by atoms with Gasteiger partial charge in [-0.05, 0) is 54.7 Å². The molecule has 2 aromatic carbocycles. The van der Waals surface area contributed by atoms with Crippen molar-refractivity contribution in [2.45, 2.75) is 25.4 Å². The van der Waals surface area contributed by atoms with Gasteiger partial charge in [0.2, 0.25) is 0 Å². The molecular formula is C16H14ClF3. The van der Waals surface area contributed by atoms with E-state index in [1.54, 1.807) is 12.1 Å². The predicted octanol–water partition coefficient (Wildman–Crippen LogP) is 5.53. The van der Waals surface area contributed by atoms with E-state index in [-0.39, 0.29) is 0 Å². The highest BCUT2D eigenvalue weighted by Crippen LogP contribution is 2.29. The molecule has 0 amide bonds. The molecule has 0 N–H and O–H groups in total. The Balaban J connectivity index is 1.87. The lowest BCUT2D eigenvalue weighted by atomic mass is 10.0. The summed E-state index contributed by atoms with van der Waals surface area (Å²) in [5.74, 6) is 0. The first kappa shape index (κ1) is 14.9. The van der Waals surface area contributed by atoms with Crippen LogP contribution < -0.4 is 0 Å². The molecular weight excluding hydrogens is 285 g/mol. The highest BCUT2D eigenvalue weighted by Gasteiger charge is 2.29. The van der Waals surface area contributed by atoms with Crippen molar-refractivity contribution in [3.63, 3.8) is 0 Å². The van der Waals surface area contributed by atoms with Crippen LogP contribution in [0.5, 0.6) is 0 Å². The predicted molar refractivity (Wildman–Crippen MR) is 74.9 cm³/mol. The molecule has 0 heterocycles. The van der Waals surface area contributed by atoms with E-state index in [0.29, 0.717) is 5.02 Å². The van der Waals surface area contributed by atoms with Crippen LogP contribution in [0.3, 0.4) is 0 Å². The largest absolute Gasteiger partial charge is 0.416 e. The summed E-state index contributed by atoms with van der Waals surface area (Å²) >= 11 is 5.80. The number of aryl methyl sites for hydroxylation is 2. The smallest absolute Gasteiger partial charge is 0.166 e. The average molecular weight is 299 g/mol. The molecule has 2 rings (SSSR count). The zero-order valence-electron chi connectivity index (χ0n) is 10.8. The Morgan fingerprint density at radius 2 is 1.20 bits per heavy atom. The zero-order chi connectivity index (χ0) is 14.6. The number of benzene rings is 2. The number of hydrogen-bond donors (Lipinski definition) is 0. The SMILES string of the molecule is FC(F)(F)c1ccc(CCCc2ccc(Cl)cc2)cc1. The number of rotatable bonds is 4. The van der Waals surface area contributed by atoms with Gasteiger partial charge >= 0.3 is 6.18 Å². The number of hydrogen-bond acceptors (Lipinski definition) is 0. The topological polar surface area (TPSA) is 0 Å². The molecule has 0 radical (unpaired) electrons. The molecule has 0 aromatic heterocycles. The van der Waals surface area contributed by atoms with Crippen LogP contribution in [0.2, 0.25) is 5.02 Å². The van der Waals surface area contributed by atoms with Gasteiger partial charge < -0.3 is 0 Å². The van der Waals surface area contributed by atoms with Gasteiger partial charge in [-0.3, -0.25) is 0 Å². The Morgan fingerprint density at radius 3 is 1.65 bits per heavy atom. The van der Waals surface area contributed by atoms with Crippen LogP contribution in [0, 0.1) is 0 Å². The summed E-state index contributed by atoms with van der Waals surface area (Å²) in [6.07, 6.45) is -1.71. The van der Waals surface area contributed by atoms with Crippen LogP contribution in [-0.4, -0.2) is 0 Å². The monoisotopic (exact) mass is 298 g/mol. The maximum atomic E-state index is 12.4. The van der Waals surface area contributed by atoms with Crippen molar-refractivity contribution in [1.29, 1.82) is 0 Å². The lowest BCUT2D eigenvalue weighted by Crippen LogP contribution is -2.04. The van der Waals surface area contributed by atoms with E-state index >= 15 is 0 Å². The van der Waals surface area contributed by atoms with Gasteiger partial charge in [0, 0.05) is 5.02 Å². The van der Waals surface area contributed by atoms with Crippen molar-refractivity contribution >= 4 is 11.6 Å². The van der Waals surface area contributed by atoms with E-state index in [2.05, 4.69) is 0 Å². The van der Waals surface area contributed by atoms with Crippen molar-refractivity contribution < 1.29 is 13.2 Å². The van der Waals surface area contributed by atoms with E-state index in [9.17, 15) is 13.2 Å². The van der Waals surface area contributed by atoms with Gasteiger partial charge in [0.15, 0.2) is 0 Å². The normalized spacial score (nSPS) is 11.6. The van der Waals surface area contributed by atoms with Crippen molar-refractivity contribution in [3.05, 3.63) is 70.2 Å². The van der Waals surface area contributed by atoms with Crippen LogP contribution in [0.4, 0.5) is 13.2 Å². The molecule has 0 fully saturated rings. The minimum Gasteiger partial charge on any atom is -0.166 e. The van der Waals surface area contributed by atoms with Crippen molar-refractivity contribution in [1.82, 2.24) is 0 Å². The Kier molecular flexibility index (Phi) is 4.71. The molecule has 0 saturated carbocycles. The Morgan fingerprint density at radius 1 is 0.750 bits per heavy atom. The summed E-state index contributed by atoms with van der Waals surface area (Å²) in [5.41, 5.74) is 1.51. The molecule has 0 aliphatic carbocycles. The van der Waals surface area contributed by atoms with Crippen LogP contribution in [0.1, 0.15) is 23.1 Å². The minimum absolute atomic E-state index is 0.598. The summed E-state index contributed by atoms with van der Waals surface area (Å²) in [7, 11) is 0. The molecule has 0 saturated heterocycles. The van der Waals surface area contributed by atoms with Gasteiger partial charge in [0.1, 0.15) is 0 Å². The molecule has 0 aliphatic heterocycles. The van der Waals surface area contributed by atoms with Crippen LogP contribution >= 0.6 is 11.6 Å². The molecule has 0 atom stereocenters. The van der Waals surface area contributed by atoms with E-state index in [1.165, 1.54) is 5.56 Å². The third kappa shape index (κ3) is 4.27. The van der Waals surface area contributed by atoms with Crippen molar-refractivity contribution in [3.8, 4) is 0 Å². The lowest BCUT2D eigenvalue weighted by Gasteiger charge is -2.07. The highest BCUT2D eigenvalue weighted by atomic mass is 35.5. The lowest BCUT2D eigenvalue weighted by molar-refractivity contribution is -0.137. The zero-order valence-corrected chi connectivity index (χ0v) is 11.5. The van der Waals surface area contributed by atoms with Gasteiger partial charge in [-0.1, -0.05) is 35.9 Å². The number of alkyl halides is 3. The molecule has 2 aromatic rings. The van der Waals surface area contributed by atoms with Gasteiger partial charge in [-0.2, -0.15) is 13.2 Å². The summed E-state index contributed by atoms with van der Waals surface area (Å²) < 4.78 is 37.2. The van der Waals surface area contributed by atoms with Gasteiger partial charge in [0.25, 0.3) is 0 Å². The Hall–Kier alpha value is -1.48. The van der Waals surface area contributed by atoms with E-state index in [1.807, 2.05) is 24.3 Å². The highest BCUT2D eigenvalue weighted by molar-refractivity contribution is 6.30. The Labute approximate surface area is 121 Å². The molecule has 106 valence electrons. The first-order valence-electron chi connectivity index (χ1n) is 6.36. The summed E-state index contributed by atoms with van der Waals surface area (Å²) in [6, 6.07) is 13.0. The fourth-order valence-corrected chi connectivity index (χ4v) is 2.13. The van der Waals surface area contributed by atoms with E-state index in [0.717, 1.165) is 37.0 Å². The van der Waals surface area contributed by atoms with E-state index in [4.69, 9.17) is 11.6 Å². The van der Waals surface area contributed by atoms with Gasteiger partial charge in [0.05, 0.1) is 5.56 Å². The molecule has 0 unspecified atom stereocenters. The molecule has 0 spiro atoms. The third-order valence-electron chi connectivity index (χ3n) is 3.13. The maximum absolute atomic E-state index is 12.4. The van der Waals surface area contributed by atoms with Crippen LogP contribution in [0.25, 0.3) is 0 Å². The first-order chi connectivity index (χ1) is 9.45. The second-order valence-electron chi connectivity index (χ2n) is 4.67. The molecule has 4 heteroatoms. The molecule has 0 aliphatic rings. The third-order valence-corrected chi connectivity index (χ3v) is 3.38. The second-order valence-corrected chi connectivity index (χ2v) is 5.11. The molecule has 0 bridgehead atoms. The molecule has 0 nitrogen and oxygen atoms in total. The number of halogens is 4. The van der Waals surface area contributed by atoms with Crippen LogP contribution in [0.15, 0.2) is 48.5 Å². The van der Waals surface area contributed by atoms with Crippen molar-refractivity contribution in [2.75, 3.05) is 0 Å². The molecule has 20 heavy (non-hydrogen) atoms. The maximum Gasteiger partial charge on any atom is 0.416 e.